The Bertz CT molecular complexity index is 708. The first-order valence-electron chi connectivity index (χ1n) is 6.07. The van der Waals surface area contributed by atoms with Crippen molar-refractivity contribution in [2.24, 2.45) is 11.3 Å². The van der Waals surface area contributed by atoms with Crippen molar-refractivity contribution >= 4 is 29.8 Å². The van der Waals surface area contributed by atoms with Gasteiger partial charge < -0.3 is 0 Å². The maximum absolute atomic E-state index is 12.0. The molecule has 0 spiro atoms. The third-order valence-corrected chi connectivity index (χ3v) is 6.46. The highest BCUT2D eigenvalue weighted by Crippen LogP contribution is 2.51. The first kappa shape index (κ1) is 15.8. The first-order valence-corrected chi connectivity index (χ1v) is 9.86. The fourth-order valence-electron chi connectivity index (χ4n) is 2.00. The van der Waals surface area contributed by atoms with Crippen LogP contribution in [0.3, 0.4) is 0 Å². The van der Waals surface area contributed by atoms with Gasteiger partial charge in [-0.15, -0.1) is 0 Å². The lowest BCUT2D eigenvalue weighted by atomic mass is 10.1. The molecule has 1 N–H and O–H groups in total. The van der Waals surface area contributed by atoms with Crippen molar-refractivity contribution in [3.05, 3.63) is 24.3 Å². The fourth-order valence-corrected chi connectivity index (χ4v) is 3.85. The molecule has 0 aromatic heterocycles. The summed E-state index contributed by atoms with van der Waals surface area (Å²) in [4.78, 5) is -0.0959. The van der Waals surface area contributed by atoms with Gasteiger partial charge in [0.15, 0.2) is 0 Å². The number of halogens is 1. The average molecular weight is 338 g/mol. The summed E-state index contributed by atoms with van der Waals surface area (Å²) >= 11 is 0. The van der Waals surface area contributed by atoms with Crippen LogP contribution in [0.25, 0.3) is 0 Å². The molecule has 5 nitrogen and oxygen atoms in total. The van der Waals surface area contributed by atoms with Gasteiger partial charge in [0.1, 0.15) is 0 Å². The van der Waals surface area contributed by atoms with Crippen molar-refractivity contribution in [3.63, 3.8) is 0 Å². The normalized spacial score (nSPS) is 21.6. The fraction of sp³-hybridized carbons (Fsp3) is 0.500. The van der Waals surface area contributed by atoms with Crippen molar-refractivity contribution in [3.8, 4) is 0 Å². The van der Waals surface area contributed by atoms with E-state index < -0.39 is 19.1 Å². The van der Waals surface area contributed by atoms with Crippen molar-refractivity contribution in [1.82, 2.24) is 4.72 Å². The molecule has 8 heteroatoms. The summed E-state index contributed by atoms with van der Waals surface area (Å²) in [5, 5.41) is 0. The molecule has 0 saturated heterocycles. The predicted molar refractivity (Wildman–Crippen MR) is 76.6 cm³/mol. The van der Waals surface area contributed by atoms with Crippen LogP contribution < -0.4 is 4.72 Å². The van der Waals surface area contributed by atoms with Crippen molar-refractivity contribution in [2.45, 2.75) is 30.1 Å². The molecule has 1 aromatic carbocycles. The Labute approximate surface area is 123 Å². The zero-order chi connectivity index (χ0) is 15.2. The molecule has 1 aliphatic carbocycles. The third kappa shape index (κ3) is 3.52. The van der Waals surface area contributed by atoms with E-state index in [4.69, 9.17) is 10.7 Å². The van der Waals surface area contributed by atoms with Crippen molar-refractivity contribution < 1.29 is 16.8 Å². The summed E-state index contributed by atoms with van der Waals surface area (Å²) in [6, 6.07) is 4.82. The second kappa shape index (κ2) is 4.98. The minimum atomic E-state index is -3.84. The molecule has 1 aliphatic rings. The van der Waals surface area contributed by atoms with Crippen LogP contribution in [0.4, 0.5) is 0 Å². The van der Waals surface area contributed by atoms with E-state index in [0.717, 1.165) is 6.42 Å². The molecule has 0 radical (unpaired) electrons. The Kier molecular flexibility index (Phi) is 3.92. The zero-order valence-corrected chi connectivity index (χ0v) is 13.5. The van der Waals surface area contributed by atoms with Crippen molar-refractivity contribution in [2.75, 3.05) is 6.54 Å². The van der Waals surface area contributed by atoms with Gasteiger partial charge in [0, 0.05) is 17.2 Å². The van der Waals surface area contributed by atoms with Crippen LogP contribution >= 0.6 is 10.7 Å². The number of hydrogen-bond acceptors (Lipinski definition) is 4. The number of sulfonamides is 1. The molecule has 0 heterocycles. The molecule has 1 fully saturated rings. The predicted octanol–water partition coefficient (Wildman–Crippen LogP) is 1.94. The Hall–Kier alpha value is -0.630. The van der Waals surface area contributed by atoms with Crippen LogP contribution in [0, 0.1) is 11.3 Å². The van der Waals surface area contributed by atoms with E-state index in [-0.39, 0.29) is 15.2 Å². The lowest BCUT2D eigenvalue weighted by Gasteiger charge is -2.08. The quantitative estimate of drug-likeness (QED) is 0.833. The van der Waals surface area contributed by atoms with Crippen LogP contribution in [0.2, 0.25) is 0 Å². The summed E-state index contributed by atoms with van der Waals surface area (Å²) in [5.41, 5.74) is 0.194. The van der Waals surface area contributed by atoms with Crippen LogP contribution in [0.1, 0.15) is 20.3 Å². The Morgan fingerprint density at radius 2 is 1.60 bits per heavy atom. The minimum absolute atomic E-state index is 0.0278. The lowest BCUT2D eigenvalue weighted by Crippen LogP contribution is -2.26. The highest BCUT2D eigenvalue weighted by atomic mass is 35.7. The molecule has 1 unspecified atom stereocenters. The largest absolute Gasteiger partial charge is 0.261 e. The van der Waals surface area contributed by atoms with Gasteiger partial charge in [0.2, 0.25) is 10.0 Å². The first-order chi connectivity index (χ1) is 9.02. The average Bonchev–Trinajstić information content (AvgIpc) is 2.94. The highest BCUT2D eigenvalue weighted by Gasteiger charge is 2.45. The molecule has 2 rings (SSSR count). The molecule has 0 aliphatic heterocycles. The standard InChI is InChI=1S/C12H16ClNO4S2/c1-12(2)7-9(12)8-14-20(17,18)11-5-3-10(4-6-11)19(13,15)16/h3-6,9,14H,7-8H2,1-2H3. The van der Waals surface area contributed by atoms with Gasteiger partial charge in [-0.05, 0) is 42.0 Å². The second-order valence-electron chi connectivity index (χ2n) is 5.65. The van der Waals surface area contributed by atoms with E-state index in [0.29, 0.717) is 12.5 Å². The molecule has 0 amide bonds. The van der Waals surface area contributed by atoms with E-state index in [1.807, 2.05) is 0 Å². The van der Waals surface area contributed by atoms with Crippen LogP contribution in [-0.2, 0) is 19.1 Å². The highest BCUT2D eigenvalue weighted by molar-refractivity contribution is 8.13. The van der Waals surface area contributed by atoms with Crippen LogP contribution in [0.15, 0.2) is 34.1 Å². The van der Waals surface area contributed by atoms with Gasteiger partial charge >= 0.3 is 0 Å². The summed E-state index contributed by atoms with van der Waals surface area (Å²) in [6.45, 7) is 4.57. The Balaban J connectivity index is 2.10. The second-order valence-corrected chi connectivity index (χ2v) is 9.98. The number of benzene rings is 1. The summed E-state index contributed by atoms with van der Waals surface area (Å²) < 4.78 is 48.8. The molecule has 0 bridgehead atoms. The molecule has 1 saturated carbocycles. The maximum atomic E-state index is 12.0. The number of nitrogens with one attached hydrogen (secondary N) is 1. The van der Waals surface area contributed by atoms with E-state index in [1.54, 1.807) is 0 Å². The molecular weight excluding hydrogens is 322 g/mol. The van der Waals surface area contributed by atoms with E-state index in [9.17, 15) is 16.8 Å². The molecule has 1 atom stereocenters. The number of hydrogen-bond donors (Lipinski definition) is 1. The van der Waals surface area contributed by atoms with Gasteiger partial charge in [-0.2, -0.15) is 0 Å². The molecular formula is C12H16ClNO4S2. The van der Waals surface area contributed by atoms with Crippen LogP contribution in [0.5, 0.6) is 0 Å². The molecule has 20 heavy (non-hydrogen) atoms. The van der Waals surface area contributed by atoms with Gasteiger partial charge in [-0.3, -0.25) is 0 Å². The zero-order valence-electron chi connectivity index (χ0n) is 11.1. The maximum Gasteiger partial charge on any atom is 0.261 e. The summed E-state index contributed by atoms with van der Waals surface area (Å²) in [7, 11) is -2.28. The third-order valence-electron chi connectivity index (χ3n) is 3.65. The Morgan fingerprint density at radius 1 is 1.15 bits per heavy atom. The van der Waals surface area contributed by atoms with E-state index in [1.165, 1.54) is 24.3 Å². The number of rotatable bonds is 5. The van der Waals surface area contributed by atoms with E-state index in [2.05, 4.69) is 18.6 Å². The van der Waals surface area contributed by atoms with Gasteiger partial charge in [-0.25, -0.2) is 21.6 Å². The smallest absolute Gasteiger partial charge is 0.211 e. The van der Waals surface area contributed by atoms with Gasteiger partial charge in [0.05, 0.1) is 9.79 Å². The Morgan fingerprint density at radius 3 is 2.00 bits per heavy atom. The molecule has 1 aromatic rings. The van der Waals surface area contributed by atoms with Gasteiger partial charge in [0.25, 0.3) is 9.05 Å². The lowest BCUT2D eigenvalue weighted by molar-refractivity contribution is 0.537. The van der Waals surface area contributed by atoms with Crippen LogP contribution in [-0.4, -0.2) is 23.4 Å². The SMILES string of the molecule is CC1(C)CC1CNS(=O)(=O)c1ccc(S(=O)(=O)Cl)cc1. The monoisotopic (exact) mass is 337 g/mol. The molecule has 112 valence electrons. The topological polar surface area (TPSA) is 80.3 Å². The summed E-state index contributed by atoms with van der Waals surface area (Å²) in [6.07, 6.45) is 0.999. The van der Waals surface area contributed by atoms with Gasteiger partial charge in [-0.1, -0.05) is 13.8 Å². The van der Waals surface area contributed by atoms with Crippen molar-refractivity contribution in [1.29, 1.82) is 0 Å². The van der Waals surface area contributed by atoms with E-state index >= 15 is 0 Å². The summed E-state index contributed by atoms with van der Waals surface area (Å²) in [5.74, 6) is 0.347. The minimum Gasteiger partial charge on any atom is -0.211 e.